The smallest absolute Gasteiger partial charge is 0.259 e. The number of nitrogens with zero attached hydrogens (tertiary/aromatic N) is 2. The zero-order valence-electron chi connectivity index (χ0n) is 11.5. The number of anilines is 1. The van der Waals surface area contributed by atoms with Crippen LogP contribution in [0, 0.1) is 6.92 Å². The Hall–Kier alpha value is -1.75. The summed E-state index contributed by atoms with van der Waals surface area (Å²) in [5, 5.41) is 5.39. The Morgan fingerprint density at radius 1 is 1.32 bits per heavy atom. The maximum absolute atomic E-state index is 12.0. The van der Waals surface area contributed by atoms with Gasteiger partial charge >= 0.3 is 0 Å². The van der Waals surface area contributed by atoms with Crippen molar-refractivity contribution in [2.24, 2.45) is 0 Å². The molecule has 5 heteroatoms. The van der Waals surface area contributed by atoms with Gasteiger partial charge in [-0.2, -0.15) is 0 Å². The summed E-state index contributed by atoms with van der Waals surface area (Å²) in [4.78, 5) is 20.5. The molecule has 0 saturated carbocycles. The van der Waals surface area contributed by atoms with Crippen LogP contribution >= 0.6 is 11.3 Å². The van der Waals surface area contributed by atoms with E-state index in [1.165, 1.54) is 11.3 Å². The van der Waals surface area contributed by atoms with Crippen LogP contribution in [0.3, 0.4) is 0 Å². The van der Waals surface area contributed by atoms with Crippen LogP contribution in [0.4, 0.5) is 5.13 Å². The van der Waals surface area contributed by atoms with Gasteiger partial charge in [-0.25, -0.2) is 4.98 Å². The Morgan fingerprint density at radius 2 is 2.05 bits per heavy atom. The Morgan fingerprint density at radius 3 is 2.58 bits per heavy atom. The molecule has 0 fully saturated rings. The first kappa shape index (κ1) is 13.7. The summed E-state index contributed by atoms with van der Waals surface area (Å²) >= 11 is 1.44. The first-order valence-corrected chi connectivity index (χ1v) is 6.94. The van der Waals surface area contributed by atoms with Gasteiger partial charge in [0.2, 0.25) is 0 Å². The van der Waals surface area contributed by atoms with E-state index in [0.29, 0.717) is 10.7 Å². The van der Waals surface area contributed by atoms with Gasteiger partial charge in [-0.3, -0.25) is 15.1 Å². The van der Waals surface area contributed by atoms with Gasteiger partial charge in [0, 0.05) is 22.7 Å². The second-order valence-corrected chi connectivity index (χ2v) is 6.29. The van der Waals surface area contributed by atoms with Crippen molar-refractivity contribution in [3.8, 4) is 0 Å². The molecule has 0 unspecified atom stereocenters. The lowest BCUT2D eigenvalue weighted by Crippen LogP contribution is -2.14. The fraction of sp³-hybridized carbons (Fsp3) is 0.357. The van der Waals surface area contributed by atoms with E-state index in [4.69, 9.17) is 0 Å². The molecule has 1 amide bonds. The van der Waals surface area contributed by atoms with E-state index in [0.717, 1.165) is 11.4 Å². The minimum atomic E-state index is -0.178. The van der Waals surface area contributed by atoms with E-state index >= 15 is 0 Å². The van der Waals surface area contributed by atoms with Gasteiger partial charge in [-0.15, -0.1) is 11.3 Å². The van der Waals surface area contributed by atoms with Gasteiger partial charge in [0.1, 0.15) is 0 Å². The summed E-state index contributed by atoms with van der Waals surface area (Å²) in [6.07, 6.45) is 1.57. The van der Waals surface area contributed by atoms with Gasteiger partial charge in [0.05, 0.1) is 11.3 Å². The molecule has 0 aromatic carbocycles. The summed E-state index contributed by atoms with van der Waals surface area (Å²) < 4.78 is 0. The van der Waals surface area contributed by atoms with Crippen molar-refractivity contribution in [1.82, 2.24) is 9.97 Å². The zero-order chi connectivity index (χ0) is 14.0. The lowest BCUT2D eigenvalue weighted by atomic mass is 9.93. The predicted molar refractivity (Wildman–Crippen MR) is 77.7 cm³/mol. The lowest BCUT2D eigenvalue weighted by Gasteiger charge is -2.14. The fourth-order valence-corrected chi connectivity index (χ4v) is 2.38. The molecule has 2 rings (SSSR count). The highest BCUT2D eigenvalue weighted by Crippen LogP contribution is 2.26. The summed E-state index contributed by atoms with van der Waals surface area (Å²) in [7, 11) is 0. The summed E-state index contributed by atoms with van der Waals surface area (Å²) in [6.45, 7) is 8.17. The zero-order valence-corrected chi connectivity index (χ0v) is 12.3. The molecular weight excluding hydrogens is 258 g/mol. The molecule has 0 spiro atoms. The molecule has 2 aromatic rings. The van der Waals surface area contributed by atoms with Crippen molar-refractivity contribution in [1.29, 1.82) is 0 Å². The summed E-state index contributed by atoms with van der Waals surface area (Å²) in [5.74, 6) is -0.178. The first-order chi connectivity index (χ1) is 8.86. The van der Waals surface area contributed by atoms with Gasteiger partial charge in [0.25, 0.3) is 5.91 Å². The van der Waals surface area contributed by atoms with E-state index < -0.39 is 0 Å². The topological polar surface area (TPSA) is 54.9 Å². The molecule has 1 N–H and O–H groups in total. The standard InChI is InChI=1S/C14H17N3OS/c1-9-5-6-10(7-15-9)12(18)17-13-16-11(8-19-13)14(2,3)4/h5-8H,1-4H3,(H,16,17,18). The van der Waals surface area contributed by atoms with Crippen LogP contribution in [0.15, 0.2) is 23.7 Å². The van der Waals surface area contributed by atoms with E-state index in [1.807, 2.05) is 18.4 Å². The number of thiazole rings is 1. The third-order valence-electron chi connectivity index (χ3n) is 2.67. The van der Waals surface area contributed by atoms with E-state index in [9.17, 15) is 4.79 Å². The van der Waals surface area contributed by atoms with Crippen LogP contribution in [-0.4, -0.2) is 15.9 Å². The number of pyridine rings is 1. The third kappa shape index (κ3) is 3.38. The minimum absolute atomic E-state index is 0.00904. The number of nitrogens with one attached hydrogen (secondary N) is 1. The molecule has 0 atom stereocenters. The van der Waals surface area contributed by atoms with Gasteiger partial charge in [-0.1, -0.05) is 20.8 Å². The Bertz CT molecular complexity index is 581. The van der Waals surface area contributed by atoms with Gasteiger partial charge < -0.3 is 0 Å². The van der Waals surface area contributed by atoms with Gasteiger partial charge in [-0.05, 0) is 19.1 Å². The molecule has 4 nitrogen and oxygen atoms in total. The predicted octanol–water partition coefficient (Wildman–Crippen LogP) is 3.40. The molecule has 2 aromatic heterocycles. The average Bonchev–Trinajstić information content (AvgIpc) is 2.78. The average molecular weight is 275 g/mol. The first-order valence-electron chi connectivity index (χ1n) is 6.06. The Balaban J connectivity index is 2.11. The van der Waals surface area contributed by atoms with Crippen molar-refractivity contribution in [2.45, 2.75) is 33.1 Å². The molecule has 0 aliphatic heterocycles. The van der Waals surface area contributed by atoms with E-state index in [1.54, 1.807) is 12.3 Å². The van der Waals surface area contributed by atoms with Crippen molar-refractivity contribution in [3.63, 3.8) is 0 Å². The molecular formula is C14H17N3OS. The number of carbonyl (C=O) groups excluding carboxylic acids is 1. The maximum atomic E-state index is 12.0. The number of rotatable bonds is 2. The fourth-order valence-electron chi connectivity index (χ4n) is 1.45. The second-order valence-electron chi connectivity index (χ2n) is 5.43. The monoisotopic (exact) mass is 275 g/mol. The molecule has 0 saturated heterocycles. The minimum Gasteiger partial charge on any atom is -0.298 e. The third-order valence-corrected chi connectivity index (χ3v) is 3.42. The number of aromatic nitrogens is 2. The molecule has 2 heterocycles. The van der Waals surface area contributed by atoms with Crippen LogP contribution in [0.1, 0.15) is 42.5 Å². The molecule has 100 valence electrons. The second kappa shape index (κ2) is 5.09. The highest BCUT2D eigenvalue weighted by atomic mass is 32.1. The van der Waals surface area contributed by atoms with Crippen molar-refractivity contribution in [2.75, 3.05) is 5.32 Å². The Kier molecular flexibility index (Phi) is 3.66. The number of amides is 1. The molecule has 0 radical (unpaired) electrons. The summed E-state index contributed by atoms with van der Waals surface area (Å²) in [6, 6.07) is 3.58. The van der Waals surface area contributed by atoms with Crippen molar-refractivity contribution < 1.29 is 4.79 Å². The Labute approximate surface area is 116 Å². The van der Waals surface area contributed by atoms with Crippen molar-refractivity contribution in [3.05, 3.63) is 40.7 Å². The van der Waals surface area contributed by atoms with Crippen LogP contribution in [-0.2, 0) is 5.41 Å². The largest absolute Gasteiger partial charge is 0.298 e. The quantitative estimate of drug-likeness (QED) is 0.914. The normalized spacial score (nSPS) is 11.4. The van der Waals surface area contributed by atoms with Crippen molar-refractivity contribution >= 4 is 22.4 Å². The molecule has 19 heavy (non-hydrogen) atoms. The number of carbonyl (C=O) groups is 1. The highest BCUT2D eigenvalue weighted by Gasteiger charge is 2.18. The summed E-state index contributed by atoms with van der Waals surface area (Å²) in [5.41, 5.74) is 2.40. The molecule has 0 bridgehead atoms. The van der Waals surface area contributed by atoms with Crippen LogP contribution in [0.25, 0.3) is 0 Å². The highest BCUT2D eigenvalue weighted by molar-refractivity contribution is 7.14. The number of aryl methyl sites for hydroxylation is 1. The molecule has 0 aliphatic carbocycles. The van der Waals surface area contributed by atoms with E-state index in [-0.39, 0.29) is 11.3 Å². The lowest BCUT2D eigenvalue weighted by molar-refractivity contribution is 0.102. The SMILES string of the molecule is Cc1ccc(C(=O)Nc2nc(C(C)(C)C)cs2)cn1. The maximum Gasteiger partial charge on any atom is 0.259 e. The van der Waals surface area contributed by atoms with Crippen LogP contribution < -0.4 is 5.32 Å². The number of hydrogen-bond acceptors (Lipinski definition) is 4. The van der Waals surface area contributed by atoms with Crippen LogP contribution in [0.2, 0.25) is 0 Å². The van der Waals surface area contributed by atoms with Gasteiger partial charge in [0.15, 0.2) is 5.13 Å². The molecule has 0 aliphatic rings. The van der Waals surface area contributed by atoms with E-state index in [2.05, 4.69) is 36.1 Å². The van der Waals surface area contributed by atoms with Crippen LogP contribution in [0.5, 0.6) is 0 Å². The number of hydrogen-bond donors (Lipinski definition) is 1.